The summed E-state index contributed by atoms with van der Waals surface area (Å²) in [5.41, 5.74) is 6.21. The predicted molar refractivity (Wildman–Crippen MR) is 90.2 cm³/mol. The van der Waals surface area contributed by atoms with Crippen LogP contribution in [0.25, 0.3) is 0 Å². The second-order valence-electron chi connectivity index (χ2n) is 4.45. The van der Waals surface area contributed by atoms with E-state index in [1.54, 1.807) is 0 Å². The molecule has 0 amide bonds. The molecule has 1 atom stereocenters. The van der Waals surface area contributed by atoms with Crippen molar-refractivity contribution >= 4 is 39.0 Å². The fraction of sp³-hybridized carbons (Fsp3) is 0.333. The number of hydrogen-bond donors (Lipinski definition) is 1. The van der Waals surface area contributed by atoms with E-state index in [-0.39, 0.29) is 6.04 Å². The molecule has 102 valence electrons. The minimum Gasteiger partial charge on any atom is -0.327 e. The summed E-state index contributed by atoms with van der Waals surface area (Å²) < 4.78 is 1.12. The molecule has 0 aliphatic rings. The number of thioether (sulfide) groups is 1. The van der Waals surface area contributed by atoms with E-state index in [0.29, 0.717) is 0 Å². The summed E-state index contributed by atoms with van der Waals surface area (Å²) in [7, 11) is 0. The molecule has 0 bridgehead atoms. The van der Waals surface area contributed by atoms with Gasteiger partial charge in [-0.2, -0.15) is 0 Å². The SMILES string of the molecule is CCc1ccc(CC(N)CSc2ccc(Br)cc2)s1. The molecule has 0 aliphatic carbocycles. The Morgan fingerprint density at radius 2 is 1.84 bits per heavy atom. The molecular weight excluding hydrogens is 338 g/mol. The Labute approximate surface area is 131 Å². The Morgan fingerprint density at radius 1 is 1.16 bits per heavy atom. The highest BCUT2D eigenvalue weighted by Crippen LogP contribution is 2.23. The zero-order chi connectivity index (χ0) is 13.7. The van der Waals surface area contributed by atoms with Gasteiger partial charge in [-0.3, -0.25) is 0 Å². The number of nitrogens with two attached hydrogens (primary N) is 1. The van der Waals surface area contributed by atoms with Gasteiger partial charge in [0.2, 0.25) is 0 Å². The Balaban J connectivity index is 1.81. The van der Waals surface area contributed by atoms with Crippen molar-refractivity contribution in [2.45, 2.75) is 30.7 Å². The van der Waals surface area contributed by atoms with Gasteiger partial charge in [-0.1, -0.05) is 22.9 Å². The molecule has 1 heterocycles. The minimum atomic E-state index is 0.219. The van der Waals surface area contributed by atoms with Gasteiger partial charge in [0.05, 0.1) is 0 Å². The van der Waals surface area contributed by atoms with Crippen LogP contribution in [0.2, 0.25) is 0 Å². The van der Waals surface area contributed by atoms with Gasteiger partial charge < -0.3 is 5.73 Å². The van der Waals surface area contributed by atoms with Crippen LogP contribution in [0.15, 0.2) is 45.8 Å². The third-order valence-corrected chi connectivity index (χ3v) is 5.79. The monoisotopic (exact) mass is 355 g/mol. The third-order valence-electron chi connectivity index (χ3n) is 2.81. The molecule has 2 rings (SSSR count). The van der Waals surface area contributed by atoms with Crippen LogP contribution in [0.5, 0.6) is 0 Å². The van der Waals surface area contributed by atoms with E-state index in [2.05, 4.69) is 59.3 Å². The number of benzene rings is 1. The van der Waals surface area contributed by atoms with Crippen LogP contribution < -0.4 is 5.73 Å². The molecule has 0 aliphatic heterocycles. The molecule has 2 N–H and O–H groups in total. The van der Waals surface area contributed by atoms with E-state index >= 15 is 0 Å². The van der Waals surface area contributed by atoms with Crippen LogP contribution in [0.4, 0.5) is 0 Å². The lowest BCUT2D eigenvalue weighted by Crippen LogP contribution is -2.25. The number of hydrogen-bond acceptors (Lipinski definition) is 3. The molecular formula is C15H18BrNS2. The Morgan fingerprint density at radius 3 is 2.47 bits per heavy atom. The Hall–Kier alpha value is -0.290. The third kappa shape index (κ3) is 4.95. The topological polar surface area (TPSA) is 26.0 Å². The highest BCUT2D eigenvalue weighted by molar-refractivity contribution is 9.10. The quantitative estimate of drug-likeness (QED) is 0.757. The average molecular weight is 356 g/mol. The molecule has 0 saturated carbocycles. The van der Waals surface area contributed by atoms with Crippen molar-refractivity contribution in [2.75, 3.05) is 5.75 Å². The van der Waals surface area contributed by atoms with Crippen LogP contribution in [0, 0.1) is 0 Å². The maximum absolute atomic E-state index is 6.21. The minimum absolute atomic E-state index is 0.219. The first-order chi connectivity index (χ1) is 9.17. The first kappa shape index (κ1) is 15.1. The highest BCUT2D eigenvalue weighted by Gasteiger charge is 2.07. The van der Waals surface area contributed by atoms with Gasteiger partial charge in [-0.05, 0) is 49.2 Å². The van der Waals surface area contributed by atoms with E-state index in [4.69, 9.17) is 5.73 Å². The maximum Gasteiger partial charge on any atom is 0.0182 e. The first-order valence-corrected chi connectivity index (χ1v) is 8.98. The van der Waals surface area contributed by atoms with E-state index in [1.807, 2.05) is 23.1 Å². The van der Waals surface area contributed by atoms with E-state index in [9.17, 15) is 0 Å². The van der Waals surface area contributed by atoms with E-state index < -0.39 is 0 Å². The molecule has 19 heavy (non-hydrogen) atoms. The van der Waals surface area contributed by atoms with Gasteiger partial charge in [0.25, 0.3) is 0 Å². The summed E-state index contributed by atoms with van der Waals surface area (Å²) in [5, 5.41) is 0. The summed E-state index contributed by atoms with van der Waals surface area (Å²) in [6, 6.07) is 13.0. The van der Waals surface area contributed by atoms with Gasteiger partial charge in [-0.15, -0.1) is 23.1 Å². The maximum atomic E-state index is 6.21. The molecule has 0 saturated heterocycles. The second kappa shape index (κ2) is 7.48. The lowest BCUT2D eigenvalue weighted by Gasteiger charge is -2.10. The molecule has 4 heteroatoms. The van der Waals surface area contributed by atoms with Crippen molar-refractivity contribution in [3.63, 3.8) is 0 Å². The molecule has 1 aromatic heterocycles. The van der Waals surface area contributed by atoms with Crippen LogP contribution in [0.3, 0.4) is 0 Å². The largest absolute Gasteiger partial charge is 0.327 e. The van der Waals surface area contributed by atoms with Crippen LogP contribution in [-0.4, -0.2) is 11.8 Å². The smallest absolute Gasteiger partial charge is 0.0182 e. The number of rotatable bonds is 6. The first-order valence-electron chi connectivity index (χ1n) is 6.39. The zero-order valence-electron chi connectivity index (χ0n) is 10.9. The number of halogens is 1. The van der Waals surface area contributed by atoms with Gasteiger partial charge in [0, 0.05) is 30.9 Å². The summed E-state index contributed by atoms with van der Waals surface area (Å²) >= 11 is 7.16. The fourth-order valence-electron chi connectivity index (χ4n) is 1.77. The standard InChI is InChI=1S/C15H18BrNS2/c1-2-13-7-8-15(19-13)9-12(17)10-18-14-5-3-11(16)4-6-14/h3-8,12H,2,9-10,17H2,1H3. The lowest BCUT2D eigenvalue weighted by atomic mass is 10.2. The molecule has 2 aromatic rings. The normalized spacial score (nSPS) is 12.6. The van der Waals surface area contributed by atoms with E-state index in [1.165, 1.54) is 14.6 Å². The molecule has 0 radical (unpaired) electrons. The summed E-state index contributed by atoms with van der Waals surface area (Å²) in [6.07, 6.45) is 2.10. The van der Waals surface area contributed by atoms with Gasteiger partial charge in [0.15, 0.2) is 0 Å². The molecule has 0 spiro atoms. The molecule has 1 unspecified atom stereocenters. The van der Waals surface area contributed by atoms with Crippen LogP contribution in [-0.2, 0) is 12.8 Å². The van der Waals surface area contributed by atoms with Crippen molar-refractivity contribution in [2.24, 2.45) is 5.73 Å². The van der Waals surface area contributed by atoms with Crippen molar-refractivity contribution < 1.29 is 0 Å². The lowest BCUT2D eigenvalue weighted by molar-refractivity contribution is 0.757. The van der Waals surface area contributed by atoms with Crippen LogP contribution in [0.1, 0.15) is 16.7 Å². The predicted octanol–water partition coefficient (Wildman–Crippen LogP) is 4.74. The molecule has 1 nitrogen and oxygen atoms in total. The highest BCUT2D eigenvalue weighted by atomic mass is 79.9. The van der Waals surface area contributed by atoms with Crippen LogP contribution >= 0.6 is 39.0 Å². The average Bonchev–Trinajstić information content (AvgIpc) is 2.86. The fourth-order valence-corrected chi connectivity index (χ4v) is 3.94. The zero-order valence-corrected chi connectivity index (χ0v) is 14.2. The molecule has 0 fully saturated rings. The Kier molecular flexibility index (Phi) is 5.95. The summed E-state index contributed by atoms with van der Waals surface area (Å²) in [6.45, 7) is 2.19. The van der Waals surface area contributed by atoms with Crippen molar-refractivity contribution in [1.29, 1.82) is 0 Å². The summed E-state index contributed by atoms with van der Waals surface area (Å²) in [5.74, 6) is 0.959. The number of aryl methyl sites for hydroxylation is 1. The van der Waals surface area contributed by atoms with Crippen molar-refractivity contribution in [3.8, 4) is 0 Å². The molecule has 1 aromatic carbocycles. The summed E-state index contributed by atoms with van der Waals surface area (Å²) in [4.78, 5) is 4.13. The van der Waals surface area contributed by atoms with Gasteiger partial charge in [0.1, 0.15) is 0 Å². The Bertz CT molecular complexity index is 507. The van der Waals surface area contributed by atoms with Gasteiger partial charge >= 0.3 is 0 Å². The van der Waals surface area contributed by atoms with Crippen molar-refractivity contribution in [1.82, 2.24) is 0 Å². The van der Waals surface area contributed by atoms with E-state index in [0.717, 1.165) is 23.1 Å². The van der Waals surface area contributed by atoms with Gasteiger partial charge in [-0.25, -0.2) is 0 Å². The second-order valence-corrected chi connectivity index (χ2v) is 7.71. The van der Waals surface area contributed by atoms with Crippen molar-refractivity contribution in [3.05, 3.63) is 50.6 Å². The number of thiophene rings is 1.